The van der Waals surface area contributed by atoms with Gasteiger partial charge >= 0.3 is 0 Å². The molecule has 2 rings (SSSR count). The predicted octanol–water partition coefficient (Wildman–Crippen LogP) is 2.04. The van der Waals surface area contributed by atoms with Gasteiger partial charge in [-0.05, 0) is 38.3 Å². The summed E-state index contributed by atoms with van der Waals surface area (Å²) in [6.07, 6.45) is 9.72. The smallest absolute Gasteiger partial charge is 0.191 e. The second-order valence-electron chi connectivity index (χ2n) is 5.44. The van der Waals surface area contributed by atoms with E-state index in [-0.39, 0.29) is 24.0 Å². The first kappa shape index (κ1) is 20.5. The zero-order valence-electron chi connectivity index (χ0n) is 14.5. The molecule has 0 atom stereocenters. The molecule has 0 aliphatic carbocycles. The average Bonchev–Trinajstić information content (AvgIpc) is 3.19. The van der Waals surface area contributed by atoms with Gasteiger partial charge < -0.3 is 10.6 Å². The molecule has 134 valence electrons. The molecule has 2 N–H and O–H groups in total. The summed E-state index contributed by atoms with van der Waals surface area (Å²) in [6, 6.07) is 1.94. The normalized spacial score (nSPS) is 11.2. The maximum atomic E-state index is 4.59. The van der Waals surface area contributed by atoms with Gasteiger partial charge in [-0.3, -0.25) is 14.4 Å². The summed E-state index contributed by atoms with van der Waals surface area (Å²) < 4.78 is 3.91. The minimum Gasteiger partial charge on any atom is -0.357 e. The fourth-order valence-electron chi connectivity index (χ4n) is 2.24. The Morgan fingerprint density at radius 1 is 1.17 bits per heavy atom. The Morgan fingerprint density at radius 3 is 2.67 bits per heavy atom. The number of halogens is 1. The van der Waals surface area contributed by atoms with Crippen LogP contribution in [-0.4, -0.2) is 45.2 Å². The fraction of sp³-hybridized carbons (Fsp3) is 0.562. The van der Waals surface area contributed by atoms with E-state index in [9.17, 15) is 0 Å². The molecule has 7 nitrogen and oxygen atoms in total. The first-order valence-electron chi connectivity index (χ1n) is 8.26. The first-order valence-corrected chi connectivity index (χ1v) is 8.26. The topological polar surface area (TPSA) is 72.1 Å². The maximum Gasteiger partial charge on any atom is 0.191 e. The summed E-state index contributed by atoms with van der Waals surface area (Å²) in [7, 11) is 0. The van der Waals surface area contributed by atoms with Crippen molar-refractivity contribution in [3.63, 3.8) is 0 Å². The number of rotatable bonds is 9. The van der Waals surface area contributed by atoms with Gasteiger partial charge in [0.2, 0.25) is 0 Å². The van der Waals surface area contributed by atoms with Crippen LogP contribution in [0.15, 0.2) is 35.8 Å². The molecule has 0 bridgehead atoms. The summed E-state index contributed by atoms with van der Waals surface area (Å²) in [4.78, 5) is 4.59. The van der Waals surface area contributed by atoms with E-state index in [1.807, 2.05) is 27.8 Å². The third-order valence-corrected chi connectivity index (χ3v) is 3.34. The van der Waals surface area contributed by atoms with E-state index in [2.05, 4.69) is 45.9 Å². The number of guanidine groups is 1. The molecule has 2 aromatic rings. The summed E-state index contributed by atoms with van der Waals surface area (Å²) in [5, 5.41) is 15.1. The number of nitrogens with one attached hydrogen (secondary N) is 2. The molecule has 0 radical (unpaired) electrons. The van der Waals surface area contributed by atoms with Crippen molar-refractivity contribution in [1.29, 1.82) is 0 Å². The van der Waals surface area contributed by atoms with Crippen LogP contribution in [0.2, 0.25) is 0 Å². The Balaban J connectivity index is 0.00000288. The highest BCUT2D eigenvalue weighted by molar-refractivity contribution is 14.0. The minimum atomic E-state index is 0. The standard InChI is InChI=1S/C16H27N7.HI/c1-3-17-16(18-7-4-10-22-11-6-9-20-22)19-8-5-12-23-14-15(2)13-21-23;/h6,9,11,13-14H,3-5,7-8,10,12H2,1-2H3,(H2,17,18,19);1H. The summed E-state index contributed by atoms with van der Waals surface area (Å²) in [6.45, 7) is 8.48. The second kappa shape index (κ2) is 11.9. The van der Waals surface area contributed by atoms with E-state index in [1.54, 1.807) is 6.20 Å². The molecule has 2 aromatic heterocycles. The van der Waals surface area contributed by atoms with Crippen LogP contribution in [0.1, 0.15) is 25.3 Å². The molecular weight excluding hydrogens is 417 g/mol. The maximum absolute atomic E-state index is 4.59. The quantitative estimate of drug-likeness (QED) is 0.268. The number of aromatic nitrogens is 4. The molecule has 24 heavy (non-hydrogen) atoms. The van der Waals surface area contributed by atoms with Gasteiger partial charge in [-0.25, -0.2) is 0 Å². The van der Waals surface area contributed by atoms with Gasteiger partial charge in [0.1, 0.15) is 0 Å². The minimum absolute atomic E-state index is 0. The number of aliphatic imine (C=N–C) groups is 1. The second-order valence-corrected chi connectivity index (χ2v) is 5.44. The van der Waals surface area contributed by atoms with Gasteiger partial charge in [-0.2, -0.15) is 10.2 Å². The lowest BCUT2D eigenvalue weighted by molar-refractivity contribution is 0.567. The van der Waals surface area contributed by atoms with E-state index >= 15 is 0 Å². The summed E-state index contributed by atoms with van der Waals surface area (Å²) in [5.74, 6) is 0.879. The van der Waals surface area contributed by atoms with Crippen LogP contribution in [0, 0.1) is 6.92 Å². The fourth-order valence-corrected chi connectivity index (χ4v) is 2.24. The number of hydrogen-bond acceptors (Lipinski definition) is 3. The van der Waals surface area contributed by atoms with Crippen LogP contribution < -0.4 is 10.6 Å². The largest absolute Gasteiger partial charge is 0.357 e. The van der Waals surface area contributed by atoms with Crippen LogP contribution in [0.3, 0.4) is 0 Å². The van der Waals surface area contributed by atoms with Gasteiger partial charge in [0.15, 0.2) is 5.96 Å². The molecule has 0 aliphatic rings. The molecule has 0 spiro atoms. The third-order valence-electron chi connectivity index (χ3n) is 3.34. The van der Waals surface area contributed by atoms with Gasteiger partial charge in [-0.1, -0.05) is 0 Å². The molecule has 0 unspecified atom stereocenters. The lowest BCUT2D eigenvalue weighted by Crippen LogP contribution is -2.38. The monoisotopic (exact) mass is 445 g/mol. The zero-order chi connectivity index (χ0) is 16.3. The number of hydrogen-bond donors (Lipinski definition) is 2. The van der Waals surface area contributed by atoms with Gasteiger partial charge in [0, 0.05) is 51.3 Å². The van der Waals surface area contributed by atoms with Crippen LogP contribution in [-0.2, 0) is 13.1 Å². The van der Waals surface area contributed by atoms with Crippen molar-refractivity contribution in [3.05, 3.63) is 36.4 Å². The SMILES string of the molecule is CCNC(=NCCCn1cccn1)NCCCn1cc(C)cn1.I. The van der Waals surface area contributed by atoms with Crippen molar-refractivity contribution in [2.75, 3.05) is 19.6 Å². The Labute approximate surface area is 160 Å². The van der Waals surface area contributed by atoms with Crippen LogP contribution in [0.4, 0.5) is 0 Å². The molecular formula is C16H28IN7. The number of nitrogens with zero attached hydrogens (tertiary/aromatic N) is 5. The lowest BCUT2D eigenvalue weighted by Gasteiger charge is -2.11. The Bertz CT molecular complexity index is 577. The van der Waals surface area contributed by atoms with E-state index in [0.717, 1.165) is 51.5 Å². The Morgan fingerprint density at radius 2 is 2.00 bits per heavy atom. The third kappa shape index (κ3) is 7.80. The van der Waals surface area contributed by atoms with Crippen LogP contribution in [0.25, 0.3) is 0 Å². The highest BCUT2D eigenvalue weighted by Gasteiger charge is 1.98. The Kier molecular flexibility index (Phi) is 10.1. The predicted molar refractivity (Wildman–Crippen MR) is 108 cm³/mol. The van der Waals surface area contributed by atoms with Crippen molar-refractivity contribution in [1.82, 2.24) is 30.2 Å². The van der Waals surface area contributed by atoms with Crippen LogP contribution in [0.5, 0.6) is 0 Å². The van der Waals surface area contributed by atoms with Gasteiger partial charge in [0.05, 0.1) is 6.20 Å². The summed E-state index contributed by atoms with van der Waals surface area (Å²) in [5.41, 5.74) is 1.20. The highest BCUT2D eigenvalue weighted by atomic mass is 127. The van der Waals surface area contributed by atoms with Crippen molar-refractivity contribution < 1.29 is 0 Å². The van der Waals surface area contributed by atoms with E-state index in [4.69, 9.17) is 0 Å². The molecule has 0 saturated heterocycles. The molecule has 8 heteroatoms. The zero-order valence-corrected chi connectivity index (χ0v) is 16.8. The van der Waals surface area contributed by atoms with Gasteiger partial charge in [0.25, 0.3) is 0 Å². The average molecular weight is 445 g/mol. The van der Waals surface area contributed by atoms with Crippen molar-refractivity contribution in [2.24, 2.45) is 4.99 Å². The van der Waals surface area contributed by atoms with Crippen molar-refractivity contribution in [2.45, 2.75) is 39.8 Å². The van der Waals surface area contributed by atoms with E-state index < -0.39 is 0 Å². The highest BCUT2D eigenvalue weighted by Crippen LogP contribution is 1.95. The van der Waals surface area contributed by atoms with Crippen molar-refractivity contribution in [3.8, 4) is 0 Å². The van der Waals surface area contributed by atoms with Crippen LogP contribution >= 0.6 is 24.0 Å². The Hall–Kier alpha value is -1.58. The van der Waals surface area contributed by atoms with E-state index in [0.29, 0.717) is 0 Å². The van der Waals surface area contributed by atoms with Crippen molar-refractivity contribution >= 4 is 29.9 Å². The van der Waals surface area contributed by atoms with Gasteiger partial charge in [-0.15, -0.1) is 24.0 Å². The molecule has 2 heterocycles. The molecule has 0 aliphatic heterocycles. The number of aryl methyl sites for hydroxylation is 3. The first-order chi connectivity index (χ1) is 11.3. The molecule has 0 fully saturated rings. The summed E-state index contributed by atoms with van der Waals surface area (Å²) >= 11 is 0. The molecule has 0 saturated carbocycles. The molecule has 0 aromatic carbocycles. The molecule has 0 amide bonds. The lowest BCUT2D eigenvalue weighted by atomic mass is 10.4. The van der Waals surface area contributed by atoms with E-state index in [1.165, 1.54) is 5.56 Å².